The zero-order chi connectivity index (χ0) is 14.7. The molecule has 0 saturated carbocycles. The molecule has 0 spiro atoms. The zero-order valence-corrected chi connectivity index (χ0v) is 11.8. The molecule has 7 heteroatoms. The molecule has 0 amide bonds. The standard InChI is InChI=1S/C13H10BrFN2O3/c14-11-3-1-9(15)6-13(11)20-7-8-5-10(17(18)19)2-4-12(8)16/h1-6H,7,16H2. The number of halogens is 2. The number of non-ortho nitro benzene ring substituents is 1. The average Bonchev–Trinajstić information content (AvgIpc) is 2.41. The quantitative estimate of drug-likeness (QED) is 0.523. The summed E-state index contributed by atoms with van der Waals surface area (Å²) in [5.41, 5.74) is 6.51. The summed E-state index contributed by atoms with van der Waals surface area (Å²) in [6.45, 7) is 0.00949. The molecule has 0 atom stereocenters. The fourth-order valence-corrected chi connectivity index (χ4v) is 1.94. The number of ether oxygens (including phenoxy) is 1. The Morgan fingerprint density at radius 2 is 2.05 bits per heavy atom. The van der Waals surface area contributed by atoms with Crippen molar-refractivity contribution < 1.29 is 14.1 Å². The third-order valence-electron chi connectivity index (χ3n) is 2.61. The molecule has 0 heterocycles. The van der Waals surface area contributed by atoms with Crippen molar-refractivity contribution in [3.05, 3.63) is 62.4 Å². The summed E-state index contributed by atoms with van der Waals surface area (Å²) < 4.78 is 19.1. The topological polar surface area (TPSA) is 78.4 Å². The highest BCUT2D eigenvalue weighted by Gasteiger charge is 2.10. The predicted molar refractivity (Wildman–Crippen MR) is 75.9 cm³/mol. The fraction of sp³-hybridized carbons (Fsp3) is 0.0769. The Morgan fingerprint density at radius 3 is 2.75 bits per heavy atom. The van der Waals surface area contributed by atoms with Crippen LogP contribution < -0.4 is 10.5 Å². The number of nitrogens with zero attached hydrogens (tertiary/aromatic N) is 1. The number of rotatable bonds is 4. The van der Waals surface area contributed by atoms with Crippen LogP contribution in [0.2, 0.25) is 0 Å². The van der Waals surface area contributed by atoms with Gasteiger partial charge in [0.05, 0.1) is 9.40 Å². The van der Waals surface area contributed by atoms with E-state index in [0.29, 0.717) is 21.5 Å². The molecule has 2 aromatic rings. The van der Waals surface area contributed by atoms with Crippen LogP contribution in [-0.2, 0) is 6.61 Å². The van der Waals surface area contributed by atoms with Crippen molar-refractivity contribution in [2.75, 3.05) is 5.73 Å². The summed E-state index contributed by atoms with van der Waals surface area (Å²) >= 11 is 3.23. The van der Waals surface area contributed by atoms with Gasteiger partial charge in [-0.3, -0.25) is 10.1 Å². The van der Waals surface area contributed by atoms with Crippen LogP contribution in [0.15, 0.2) is 40.9 Å². The lowest BCUT2D eigenvalue weighted by Gasteiger charge is -2.10. The van der Waals surface area contributed by atoms with Gasteiger partial charge in [0.1, 0.15) is 18.2 Å². The molecule has 0 fully saturated rings. The van der Waals surface area contributed by atoms with Crippen LogP contribution in [0.5, 0.6) is 5.75 Å². The molecule has 5 nitrogen and oxygen atoms in total. The fourth-order valence-electron chi connectivity index (χ4n) is 1.57. The molecule has 0 bridgehead atoms. The van der Waals surface area contributed by atoms with Crippen molar-refractivity contribution in [3.63, 3.8) is 0 Å². The van der Waals surface area contributed by atoms with E-state index < -0.39 is 10.7 Å². The number of benzene rings is 2. The van der Waals surface area contributed by atoms with Gasteiger partial charge in [-0.25, -0.2) is 4.39 Å². The Bertz CT molecular complexity index is 664. The summed E-state index contributed by atoms with van der Waals surface area (Å²) in [5.74, 6) is -0.133. The van der Waals surface area contributed by atoms with Gasteiger partial charge in [-0.2, -0.15) is 0 Å². The number of nitrogens with two attached hydrogens (primary N) is 1. The normalized spacial score (nSPS) is 10.3. The average molecular weight is 341 g/mol. The van der Waals surface area contributed by atoms with E-state index in [-0.39, 0.29) is 12.3 Å². The summed E-state index contributed by atoms with van der Waals surface area (Å²) in [4.78, 5) is 10.2. The number of hydrogen-bond donors (Lipinski definition) is 1. The Labute approximate surface area is 122 Å². The first-order valence-corrected chi connectivity index (χ1v) is 6.37. The van der Waals surface area contributed by atoms with Crippen LogP contribution in [0.3, 0.4) is 0 Å². The van der Waals surface area contributed by atoms with Crippen LogP contribution in [-0.4, -0.2) is 4.92 Å². The zero-order valence-electron chi connectivity index (χ0n) is 10.2. The maximum atomic E-state index is 13.1. The smallest absolute Gasteiger partial charge is 0.269 e. The molecule has 2 N–H and O–H groups in total. The second-order valence-electron chi connectivity index (χ2n) is 4.00. The minimum atomic E-state index is -0.513. The van der Waals surface area contributed by atoms with Crippen LogP contribution in [0.25, 0.3) is 0 Å². The van der Waals surface area contributed by atoms with Crippen molar-refractivity contribution in [3.8, 4) is 5.75 Å². The van der Waals surface area contributed by atoms with Crippen LogP contribution in [0.1, 0.15) is 5.56 Å². The minimum Gasteiger partial charge on any atom is -0.488 e. The molecule has 0 aliphatic rings. The first-order valence-electron chi connectivity index (χ1n) is 5.58. The lowest BCUT2D eigenvalue weighted by atomic mass is 10.1. The molecule has 0 aromatic heterocycles. The number of anilines is 1. The Kier molecular flexibility index (Phi) is 4.19. The summed E-state index contributed by atoms with van der Waals surface area (Å²) in [6.07, 6.45) is 0. The lowest BCUT2D eigenvalue weighted by molar-refractivity contribution is -0.384. The van der Waals surface area contributed by atoms with Crippen molar-refractivity contribution in [2.45, 2.75) is 6.61 Å². The van der Waals surface area contributed by atoms with Crippen molar-refractivity contribution in [1.29, 1.82) is 0 Å². The second kappa shape index (κ2) is 5.87. The first-order chi connectivity index (χ1) is 9.47. The maximum Gasteiger partial charge on any atom is 0.269 e. The van der Waals surface area contributed by atoms with Crippen LogP contribution in [0.4, 0.5) is 15.8 Å². The van der Waals surface area contributed by atoms with E-state index in [9.17, 15) is 14.5 Å². The number of nitrogen functional groups attached to an aromatic ring is 1. The van der Waals surface area contributed by atoms with Gasteiger partial charge in [-0.05, 0) is 34.1 Å². The van der Waals surface area contributed by atoms with Crippen LogP contribution >= 0.6 is 15.9 Å². The first kappa shape index (κ1) is 14.3. The minimum absolute atomic E-state index is 0.00949. The van der Waals surface area contributed by atoms with Gasteiger partial charge in [0.25, 0.3) is 5.69 Å². The molecule has 104 valence electrons. The van der Waals surface area contributed by atoms with Gasteiger partial charge < -0.3 is 10.5 Å². The molecule has 20 heavy (non-hydrogen) atoms. The molecule has 0 radical (unpaired) electrons. The van der Waals surface area contributed by atoms with Crippen molar-refractivity contribution in [2.24, 2.45) is 0 Å². The Balaban J connectivity index is 2.20. The largest absolute Gasteiger partial charge is 0.488 e. The summed E-state index contributed by atoms with van der Waals surface area (Å²) in [6, 6.07) is 8.12. The van der Waals surface area contributed by atoms with Gasteiger partial charge in [-0.1, -0.05) is 0 Å². The molecular weight excluding hydrogens is 331 g/mol. The molecular formula is C13H10BrFN2O3. The highest BCUT2D eigenvalue weighted by molar-refractivity contribution is 9.10. The second-order valence-corrected chi connectivity index (χ2v) is 4.86. The molecule has 2 rings (SSSR count). The number of nitro benzene ring substituents is 1. The van der Waals surface area contributed by atoms with Crippen molar-refractivity contribution >= 4 is 27.3 Å². The summed E-state index contributed by atoms with van der Waals surface area (Å²) in [7, 11) is 0. The van der Waals surface area contributed by atoms with Crippen molar-refractivity contribution in [1.82, 2.24) is 0 Å². The van der Waals surface area contributed by atoms with E-state index in [1.165, 1.54) is 36.4 Å². The van der Waals surface area contributed by atoms with E-state index in [1.54, 1.807) is 0 Å². The van der Waals surface area contributed by atoms with Crippen LogP contribution in [0, 0.1) is 15.9 Å². The maximum absolute atomic E-state index is 13.1. The highest BCUT2D eigenvalue weighted by atomic mass is 79.9. The summed E-state index contributed by atoms with van der Waals surface area (Å²) in [5, 5.41) is 10.7. The number of nitro groups is 1. The highest BCUT2D eigenvalue weighted by Crippen LogP contribution is 2.27. The van der Waals surface area contributed by atoms with Gasteiger partial charge in [-0.15, -0.1) is 0 Å². The Morgan fingerprint density at radius 1 is 1.30 bits per heavy atom. The molecule has 0 aliphatic carbocycles. The van der Waals surface area contributed by atoms with Gasteiger partial charge in [0, 0.05) is 29.4 Å². The van der Waals surface area contributed by atoms with E-state index in [2.05, 4.69) is 15.9 Å². The molecule has 0 unspecified atom stereocenters. The molecule has 0 aliphatic heterocycles. The third-order valence-corrected chi connectivity index (χ3v) is 3.27. The monoisotopic (exact) mass is 340 g/mol. The number of hydrogen-bond acceptors (Lipinski definition) is 4. The van der Waals surface area contributed by atoms with Gasteiger partial charge in [0.15, 0.2) is 0 Å². The van der Waals surface area contributed by atoms with E-state index in [1.807, 2.05) is 0 Å². The Hall–Kier alpha value is -2.15. The SMILES string of the molecule is Nc1ccc([N+](=O)[O-])cc1COc1cc(F)ccc1Br. The molecule has 2 aromatic carbocycles. The molecule has 0 saturated heterocycles. The van der Waals surface area contributed by atoms with Gasteiger partial charge in [0.2, 0.25) is 0 Å². The third kappa shape index (κ3) is 3.24. The van der Waals surface area contributed by atoms with E-state index in [4.69, 9.17) is 10.5 Å². The van der Waals surface area contributed by atoms with E-state index >= 15 is 0 Å². The van der Waals surface area contributed by atoms with E-state index in [0.717, 1.165) is 0 Å². The predicted octanol–water partition coefficient (Wildman–Crippen LogP) is 3.66. The lowest BCUT2D eigenvalue weighted by Crippen LogP contribution is -2.02. The van der Waals surface area contributed by atoms with Gasteiger partial charge >= 0.3 is 0 Å².